The Kier molecular flexibility index (Phi) is 4.53. The molecule has 1 atom stereocenters. The average Bonchev–Trinajstić information content (AvgIpc) is 2.18. The molecule has 1 N–H and O–H groups in total. The number of aliphatic hydroxyl groups is 1. The molecule has 106 valence electrons. The molecule has 0 aromatic carbocycles. The molecule has 1 heterocycles. The van der Waals surface area contributed by atoms with Crippen molar-refractivity contribution in [1.82, 2.24) is 4.90 Å². The van der Waals surface area contributed by atoms with E-state index in [9.17, 15) is 13.6 Å². The van der Waals surface area contributed by atoms with Gasteiger partial charge in [0, 0.05) is 19.1 Å². The molecule has 6 heteroatoms. The number of hydrogen-bond acceptors (Lipinski definition) is 3. The number of aliphatic hydroxyl groups excluding tert-OH is 1. The third kappa shape index (κ3) is 4.08. The lowest BCUT2D eigenvalue weighted by molar-refractivity contribution is -0.115. The third-order valence-corrected chi connectivity index (χ3v) is 2.88. The number of nitrogens with zero attached hydrogens (tertiary/aromatic N) is 1. The van der Waals surface area contributed by atoms with Crippen molar-refractivity contribution >= 4 is 6.09 Å². The number of halogens is 2. The zero-order chi connectivity index (χ0) is 14.0. The Morgan fingerprint density at radius 2 is 2.11 bits per heavy atom. The number of hydrogen-bond donors (Lipinski definition) is 1. The van der Waals surface area contributed by atoms with Gasteiger partial charge in [0.15, 0.2) is 0 Å². The van der Waals surface area contributed by atoms with Gasteiger partial charge >= 0.3 is 6.09 Å². The molecule has 1 fully saturated rings. The molecule has 0 radical (unpaired) electrons. The highest BCUT2D eigenvalue weighted by Gasteiger charge is 2.46. The van der Waals surface area contributed by atoms with Gasteiger partial charge < -0.3 is 14.7 Å². The van der Waals surface area contributed by atoms with E-state index in [0.29, 0.717) is 0 Å². The van der Waals surface area contributed by atoms with E-state index < -0.39 is 30.1 Å². The van der Waals surface area contributed by atoms with E-state index >= 15 is 0 Å². The zero-order valence-corrected chi connectivity index (χ0v) is 11.1. The van der Waals surface area contributed by atoms with E-state index in [4.69, 9.17) is 9.84 Å². The van der Waals surface area contributed by atoms with Crippen molar-refractivity contribution in [3.63, 3.8) is 0 Å². The number of piperidine rings is 1. The van der Waals surface area contributed by atoms with E-state index in [1.54, 1.807) is 20.8 Å². The van der Waals surface area contributed by atoms with Gasteiger partial charge in [-0.05, 0) is 33.6 Å². The fourth-order valence-electron chi connectivity index (χ4n) is 1.98. The predicted molar refractivity (Wildman–Crippen MR) is 62.6 cm³/mol. The number of carbonyl (C=O) groups is 1. The van der Waals surface area contributed by atoms with Crippen LogP contribution in [-0.2, 0) is 4.74 Å². The summed E-state index contributed by atoms with van der Waals surface area (Å²) in [6.45, 7) is 4.44. The summed E-state index contributed by atoms with van der Waals surface area (Å²) in [5.74, 6) is -3.82. The summed E-state index contributed by atoms with van der Waals surface area (Å²) in [6.07, 6.45) is -0.452. The molecule has 1 amide bonds. The van der Waals surface area contributed by atoms with Crippen molar-refractivity contribution in [2.45, 2.75) is 45.1 Å². The third-order valence-electron chi connectivity index (χ3n) is 2.88. The smallest absolute Gasteiger partial charge is 0.410 e. The van der Waals surface area contributed by atoms with Crippen molar-refractivity contribution < 1.29 is 23.4 Å². The summed E-state index contributed by atoms with van der Waals surface area (Å²) < 4.78 is 32.5. The van der Waals surface area contributed by atoms with Gasteiger partial charge in [0.25, 0.3) is 5.92 Å². The number of rotatable bonds is 2. The van der Waals surface area contributed by atoms with Gasteiger partial charge in [-0.25, -0.2) is 13.6 Å². The monoisotopic (exact) mass is 265 g/mol. The molecule has 1 saturated heterocycles. The van der Waals surface area contributed by atoms with Gasteiger partial charge in [-0.2, -0.15) is 0 Å². The molecule has 0 unspecified atom stereocenters. The fraction of sp³-hybridized carbons (Fsp3) is 0.917. The van der Waals surface area contributed by atoms with Crippen LogP contribution in [-0.4, -0.2) is 47.3 Å². The van der Waals surface area contributed by atoms with Gasteiger partial charge in [-0.15, -0.1) is 0 Å². The maximum Gasteiger partial charge on any atom is 0.410 e. The maximum absolute atomic E-state index is 13.7. The summed E-state index contributed by atoms with van der Waals surface area (Å²) in [6, 6.07) is 0. The molecule has 0 aromatic rings. The molecule has 1 rings (SSSR count). The second-order valence-corrected chi connectivity index (χ2v) is 5.66. The minimum absolute atomic E-state index is 0.0646. The first kappa shape index (κ1) is 15.1. The number of likely N-dealkylation sites (tertiary alicyclic amines) is 1. The maximum atomic E-state index is 13.7. The van der Waals surface area contributed by atoms with Crippen LogP contribution in [0.4, 0.5) is 13.6 Å². The molecule has 0 aliphatic carbocycles. The van der Waals surface area contributed by atoms with E-state index in [2.05, 4.69) is 0 Å². The SMILES string of the molecule is CC(C)(C)OC(=O)N1CC[C@H](CCO)C(F)(F)C1. The van der Waals surface area contributed by atoms with Crippen molar-refractivity contribution in [3.8, 4) is 0 Å². The Morgan fingerprint density at radius 3 is 2.56 bits per heavy atom. The van der Waals surface area contributed by atoms with E-state index in [0.717, 1.165) is 4.90 Å². The van der Waals surface area contributed by atoms with Crippen LogP contribution in [0, 0.1) is 5.92 Å². The lowest BCUT2D eigenvalue weighted by atomic mass is 9.90. The van der Waals surface area contributed by atoms with Gasteiger partial charge in [0.2, 0.25) is 0 Å². The molecule has 0 bridgehead atoms. The van der Waals surface area contributed by atoms with Crippen LogP contribution in [0.5, 0.6) is 0 Å². The van der Waals surface area contributed by atoms with Gasteiger partial charge in [-0.3, -0.25) is 0 Å². The zero-order valence-electron chi connectivity index (χ0n) is 11.1. The second-order valence-electron chi connectivity index (χ2n) is 5.66. The summed E-state index contributed by atoms with van der Waals surface area (Å²) in [5.41, 5.74) is -0.686. The van der Waals surface area contributed by atoms with Crippen LogP contribution in [0.3, 0.4) is 0 Å². The largest absolute Gasteiger partial charge is 0.444 e. The van der Waals surface area contributed by atoms with Gasteiger partial charge in [0.1, 0.15) is 5.60 Å². The summed E-state index contributed by atoms with van der Waals surface area (Å²) in [4.78, 5) is 12.7. The van der Waals surface area contributed by atoms with E-state index in [1.165, 1.54) is 0 Å². The Labute approximate surface area is 106 Å². The van der Waals surface area contributed by atoms with Crippen LogP contribution in [0.1, 0.15) is 33.6 Å². The number of ether oxygens (including phenoxy) is 1. The first-order chi connectivity index (χ1) is 8.15. The van der Waals surface area contributed by atoms with E-state index in [-0.39, 0.29) is 26.0 Å². The molecule has 0 aromatic heterocycles. The van der Waals surface area contributed by atoms with Crippen molar-refractivity contribution in [2.24, 2.45) is 5.92 Å². The molecule has 0 saturated carbocycles. The summed E-state index contributed by atoms with van der Waals surface area (Å²) in [7, 11) is 0. The highest BCUT2D eigenvalue weighted by atomic mass is 19.3. The first-order valence-electron chi connectivity index (χ1n) is 6.12. The average molecular weight is 265 g/mol. The van der Waals surface area contributed by atoms with Crippen LogP contribution in [0.15, 0.2) is 0 Å². The Morgan fingerprint density at radius 1 is 1.50 bits per heavy atom. The number of amides is 1. The molecule has 18 heavy (non-hydrogen) atoms. The lowest BCUT2D eigenvalue weighted by Crippen LogP contribution is -2.52. The normalized spacial score (nSPS) is 23.9. The van der Waals surface area contributed by atoms with Crippen molar-refractivity contribution in [3.05, 3.63) is 0 Å². The van der Waals surface area contributed by atoms with Gasteiger partial charge in [0.05, 0.1) is 6.54 Å². The number of alkyl halides is 2. The van der Waals surface area contributed by atoms with Crippen LogP contribution >= 0.6 is 0 Å². The Balaban J connectivity index is 2.60. The minimum Gasteiger partial charge on any atom is -0.444 e. The summed E-state index contributed by atoms with van der Waals surface area (Å²) in [5, 5.41) is 8.74. The predicted octanol–water partition coefficient (Wildman–Crippen LogP) is 2.26. The first-order valence-corrected chi connectivity index (χ1v) is 6.12. The minimum atomic E-state index is -2.96. The standard InChI is InChI=1S/C12H21F2NO3/c1-11(2,3)18-10(17)15-6-4-9(5-7-16)12(13,14)8-15/h9,16H,4-8H2,1-3H3/t9-/m1/s1. The van der Waals surface area contributed by atoms with Crippen LogP contribution < -0.4 is 0 Å². The Bertz CT molecular complexity index is 302. The van der Waals surface area contributed by atoms with E-state index in [1.807, 2.05) is 0 Å². The molecule has 4 nitrogen and oxygen atoms in total. The molecule has 1 aliphatic rings. The quantitative estimate of drug-likeness (QED) is 0.833. The van der Waals surface area contributed by atoms with Crippen LogP contribution in [0.2, 0.25) is 0 Å². The highest BCUT2D eigenvalue weighted by Crippen LogP contribution is 2.35. The van der Waals surface area contributed by atoms with Crippen molar-refractivity contribution in [2.75, 3.05) is 19.7 Å². The lowest BCUT2D eigenvalue weighted by Gasteiger charge is -2.38. The topological polar surface area (TPSA) is 49.8 Å². The molecular formula is C12H21F2NO3. The highest BCUT2D eigenvalue weighted by molar-refractivity contribution is 5.68. The van der Waals surface area contributed by atoms with Gasteiger partial charge in [-0.1, -0.05) is 0 Å². The molecule has 1 aliphatic heterocycles. The second kappa shape index (κ2) is 5.38. The number of carbonyl (C=O) groups excluding carboxylic acids is 1. The Hall–Kier alpha value is -0.910. The molecular weight excluding hydrogens is 244 g/mol. The fourth-order valence-corrected chi connectivity index (χ4v) is 1.98. The van der Waals surface area contributed by atoms with Crippen LogP contribution in [0.25, 0.3) is 0 Å². The summed E-state index contributed by atoms with van der Waals surface area (Å²) >= 11 is 0. The molecule has 0 spiro atoms. The van der Waals surface area contributed by atoms with Crippen molar-refractivity contribution in [1.29, 1.82) is 0 Å².